The Morgan fingerprint density at radius 3 is 2.89 bits per heavy atom. The summed E-state index contributed by atoms with van der Waals surface area (Å²) in [5, 5.41) is 6.41. The molecule has 0 heterocycles. The Kier molecular flexibility index (Phi) is 5.70. The summed E-state index contributed by atoms with van der Waals surface area (Å²) in [6, 6.07) is 7.12. The van der Waals surface area contributed by atoms with Crippen molar-refractivity contribution in [2.24, 2.45) is 10.8 Å². The molecule has 0 bridgehead atoms. The lowest BCUT2D eigenvalue weighted by Crippen LogP contribution is -2.35. The van der Waals surface area contributed by atoms with Gasteiger partial charge in [0.15, 0.2) is 0 Å². The fraction of sp³-hybridized carbons (Fsp3) is 0.417. The molecule has 3 N–H and O–H groups in total. The number of rotatable bonds is 7. The lowest BCUT2D eigenvalue weighted by Gasteiger charge is -2.18. The molecule has 0 saturated carbocycles. The van der Waals surface area contributed by atoms with Gasteiger partial charge in [0.25, 0.3) is 0 Å². The van der Waals surface area contributed by atoms with Crippen LogP contribution >= 0.6 is 0 Å². The molecule has 1 unspecified atom stereocenters. The van der Waals surface area contributed by atoms with Gasteiger partial charge in [-0.1, -0.05) is 36.3 Å². The third-order valence-corrected chi connectivity index (χ3v) is 2.66. The highest BCUT2D eigenvalue weighted by Gasteiger charge is 2.18. The zero-order valence-corrected chi connectivity index (χ0v) is 10.3. The first kappa shape index (κ1) is 14.0. The zero-order valence-electron chi connectivity index (χ0n) is 10.3. The highest BCUT2D eigenvalue weighted by Crippen LogP contribution is 2.18. The number of carbonyl (C=O) groups excluding carboxylic acids is 1. The van der Waals surface area contributed by atoms with E-state index >= 15 is 0 Å². The minimum atomic E-state index is -0.546. The topological polar surface area (TPSA) is 104 Å². The molecule has 6 nitrogen and oxygen atoms in total. The summed E-state index contributed by atoms with van der Waals surface area (Å²) in [5.74, 6) is -0.433. The zero-order chi connectivity index (χ0) is 13.4. The minimum absolute atomic E-state index is 0.286. The van der Waals surface area contributed by atoms with Gasteiger partial charge in [0.05, 0.1) is 0 Å². The SMILES string of the molecule is CCc1ccccc1C(NCCN=[N+]=[N-])C(N)=O. The van der Waals surface area contributed by atoms with Crippen molar-refractivity contribution in [1.82, 2.24) is 5.32 Å². The van der Waals surface area contributed by atoms with Gasteiger partial charge in [-0.3, -0.25) is 4.79 Å². The molecule has 0 spiro atoms. The Balaban J connectivity index is 2.83. The molecule has 6 heteroatoms. The standard InChI is InChI=1S/C12H17N5O/c1-2-9-5-3-4-6-10(9)11(12(13)18)15-7-8-16-17-14/h3-6,11,15H,2,7-8H2,1H3,(H2,13,18). The van der Waals surface area contributed by atoms with Gasteiger partial charge in [0.1, 0.15) is 6.04 Å². The van der Waals surface area contributed by atoms with Crippen molar-refractivity contribution >= 4 is 5.91 Å². The summed E-state index contributed by atoms with van der Waals surface area (Å²) < 4.78 is 0. The van der Waals surface area contributed by atoms with E-state index in [0.717, 1.165) is 17.5 Å². The number of hydrogen-bond acceptors (Lipinski definition) is 3. The van der Waals surface area contributed by atoms with Crippen molar-refractivity contribution in [3.05, 3.63) is 45.8 Å². The van der Waals surface area contributed by atoms with E-state index in [2.05, 4.69) is 15.3 Å². The molecule has 1 atom stereocenters. The van der Waals surface area contributed by atoms with E-state index in [0.29, 0.717) is 6.54 Å². The van der Waals surface area contributed by atoms with Crippen LogP contribution in [0.3, 0.4) is 0 Å². The molecular weight excluding hydrogens is 230 g/mol. The number of amides is 1. The minimum Gasteiger partial charge on any atom is -0.368 e. The van der Waals surface area contributed by atoms with Crippen molar-refractivity contribution in [2.75, 3.05) is 13.1 Å². The predicted octanol–water partition coefficient (Wildman–Crippen LogP) is 1.68. The number of aryl methyl sites for hydroxylation is 1. The summed E-state index contributed by atoms with van der Waals surface area (Å²) >= 11 is 0. The molecule has 0 aliphatic heterocycles. The largest absolute Gasteiger partial charge is 0.368 e. The van der Waals surface area contributed by atoms with Gasteiger partial charge in [0, 0.05) is 18.0 Å². The Morgan fingerprint density at radius 1 is 1.56 bits per heavy atom. The number of carbonyl (C=O) groups is 1. The normalized spacial score (nSPS) is 11.6. The summed E-state index contributed by atoms with van der Waals surface area (Å²) in [6.45, 7) is 2.72. The van der Waals surface area contributed by atoms with Gasteiger partial charge >= 0.3 is 0 Å². The summed E-state index contributed by atoms with van der Waals surface area (Å²) in [6.07, 6.45) is 0.831. The molecule has 0 aliphatic carbocycles. The maximum Gasteiger partial charge on any atom is 0.239 e. The quantitative estimate of drug-likeness (QED) is 0.331. The molecule has 0 fully saturated rings. The average Bonchev–Trinajstić information content (AvgIpc) is 2.38. The second-order valence-electron chi connectivity index (χ2n) is 3.80. The second-order valence-corrected chi connectivity index (χ2v) is 3.80. The van der Waals surface area contributed by atoms with Crippen LogP contribution < -0.4 is 11.1 Å². The molecule has 1 aromatic carbocycles. The molecule has 0 aromatic heterocycles. The summed E-state index contributed by atoms with van der Waals surface area (Å²) in [4.78, 5) is 14.1. The monoisotopic (exact) mass is 247 g/mol. The van der Waals surface area contributed by atoms with Crippen molar-refractivity contribution < 1.29 is 4.79 Å². The molecule has 1 rings (SSSR count). The maximum absolute atomic E-state index is 11.5. The van der Waals surface area contributed by atoms with Gasteiger partial charge in [-0.15, -0.1) is 0 Å². The third-order valence-electron chi connectivity index (χ3n) is 2.66. The lowest BCUT2D eigenvalue weighted by molar-refractivity contribution is -0.120. The number of hydrogen-bond donors (Lipinski definition) is 2. The van der Waals surface area contributed by atoms with Gasteiger partial charge < -0.3 is 11.1 Å². The number of nitrogens with two attached hydrogens (primary N) is 1. The fourth-order valence-corrected chi connectivity index (χ4v) is 1.81. The van der Waals surface area contributed by atoms with E-state index in [1.165, 1.54) is 0 Å². The van der Waals surface area contributed by atoms with Crippen molar-refractivity contribution in [3.8, 4) is 0 Å². The van der Waals surface area contributed by atoms with Crippen LogP contribution in [0.1, 0.15) is 24.1 Å². The highest BCUT2D eigenvalue weighted by atomic mass is 16.1. The van der Waals surface area contributed by atoms with E-state index in [4.69, 9.17) is 11.3 Å². The van der Waals surface area contributed by atoms with Crippen LogP contribution in [0.4, 0.5) is 0 Å². The Labute approximate surface area is 106 Å². The Bertz CT molecular complexity index is 454. The van der Waals surface area contributed by atoms with Crippen LogP contribution in [-0.4, -0.2) is 19.0 Å². The van der Waals surface area contributed by atoms with Crippen LogP contribution in [0.5, 0.6) is 0 Å². The average molecular weight is 247 g/mol. The van der Waals surface area contributed by atoms with Crippen LogP contribution in [0.25, 0.3) is 10.4 Å². The lowest BCUT2D eigenvalue weighted by atomic mass is 9.98. The van der Waals surface area contributed by atoms with Gasteiger partial charge in [-0.2, -0.15) is 0 Å². The first-order chi connectivity index (χ1) is 8.70. The van der Waals surface area contributed by atoms with Crippen molar-refractivity contribution in [2.45, 2.75) is 19.4 Å². The second kappa shape index (κ2) is 7.32. The fourth-order valence-electron chi connectivity index (χ4n) is 1.81. The van der Waals surface area contributed by atoms with Crippen LogP contribution in [0.2, 0.25) is 0 Å². The predicted molar refractivity (Wildman–Crippen MR) is 69.8 cm³/mol. The number of azide groups is 1. The van der Waals surface area contributed by atoms with Crippen LogP contribution in [-0.2, 0) is 11.2 Å². The molecule has 0 aliphatic rings. The van der Waals surface area contributed by atoms with Gasteiger partial charge in [-0.25, -0.2) is 0 Å². The highest BCUT2D eigenvalue weighted by molar-refractivity contribution is 5.81. The first-order valence-electron chi connectivity index (χ1n) is 5.82. The molecular formula is C12H17N5O. The maximum atomic E-state index is 11.5. The molecule has 0 radical (unpaired) electrons. The van der Waals surface area contributed by atoms with Crippen LogP contribution in [0.15, 0.2) is 29.4 Å². The third kappa shape index (κ3) is 3.76. The first-order valence-corrected chi connectivity index (χ1v) is 5.82. The molecule has 96 valence electrons. The van der Waals surface area contributed by atoms with E-state index in [1.807, 2.05) is 31.2 Å². The Morgan fingerprint density at radius 2 is 2.28 bits per heavy atom. The molecule has 0 saturated heterocycles. The van der Waals surface area contributed by atoms with E-state index in [9.17, 15) is 4.79 Å². The van der Waals surface area contributed by atoms with Gasteiger partial charge in [-0.05, 0) is 23.1 Å². The van der Waals surface area contributed by atoms with E-state index in [-0.39, 0.29) is 6.54 Å². The van der Waals surface area contributed by atoms with Crippen molar-refractivity contribution in [1.29, 1.82) is 0 Å². The Hall–Kier alpha value is -2.04. The number of primary amides is 1. The molecule has 18 heavy (non-hydrogen) atoms. The smallest absolute Gasteiger partial charge is 0.239 e. The molecule has 1 amide bonds. The summed E-state index contributed by atoms with van der Waals surface area (Å²) in [7, 11) is 0. The van der Waals surface area contributed by atoms with Gasteiger partial charge in [0.2, 0.25) is 5.91 Å². The van der Waals surface area contributed by atoms with Crippen molar-refractivity contribution in [3.63, 3.8) is 0 Å². The summed E-state index contributed by atoms with van der Waals surface area (Å²) in [5.41, 5.74) is 15.5. The number of nitrogens with one attached hydrogen (secondary N) is 1. The molecule has 1 aromatic rings. The number of nitrogens with zero attached hydrogens (tertiary/aromatic N) is 3. The van der Waals surface area contributed by atoms with Crippen LogP contribution in [0, 0.1) is 0 Å². The van der Waals surface area contributed by atoms with E-state index < -0.39 is 11.9 Å². The van der Waals surface area contributed by atoms with E-state index in [1.54, 1.807) is 0 Å². The number of benzene rings is 1.